The molecule has 8 nitrogen and oxygen atoms in total. The molecule has 2 fully saturated rings. The topological polar surface area (TPSA) is 119 Å². The molecule has 0 radical (unpaired) electrons. The van der Waals surface area contributed by atoms with Crippen LogP contribution in [0.15, 0.2) is 91.0 Å². The number of nitrogens with one attached hydrogen (secondary N) is 2. The number of aliphatic hydroxyl groups is 1. The Kier molecular flexibility index (Phi) is 9.29. The van der Waals surface area contributed by atoms with Crippen molar-refractivity contribution in [2.45, 2.75) is 54.6 Å². The first-order chi connectivity index (χ1) is 19.1. The molecule has 5 rings (SSSR count). The van der Waals surface area contributed by atoms with E-state index in [0.717, 1.165) is 16.7 Å². The van der Waals surface area contributed by atoms with Crippen molar-refractivity contribution in [1.82, 2.24) is 15.5 Å². The van der Waals surface area contributed by atoms with Crippen LogP contribution >= 0.6 is 11.8 Å². The fraction of sp³-hybridized carbons (Fsp3) is 0.323. The number of benzene rings is 3. The van der Waals surface area contributed by atoms with Gasteiger partial charge in [0.05, 0.1) is 18.6 Å². The van der Waals surface area contributed by atoms with E-state index >= 15 is 0 Å². The number of rotatable bonds is 8. The lowest BCUT2D eigenvalue weighted by Gasteiger charge is -2.43. The molecule has 2 aliphatic rings. The number of hydrogen-bond acceptors (Lipinski definition) is 6. The first kappa shape index (κ1) is 29.3. The van der Waals surface area contributed by atoms with Gasteiger partial charge in [0.2, 0.25) is 11.8 Å². The summed E-state index contributed by atoms with van der Waals surface area (Å²) in [5.74, 6) is -1.55. The summed E-state index contributed by atoms with van der Waals surface area (Å²) in [4.78, 5) is 37.2. The third kappa shape index (κ3) is 6.38. The zero-order valence-electron chi connectivity index (χ0n) is 22.7. The minimum Gasteiger partial charge on any atom is -0.480 e. The molecule has 0 bridgehead atoms. The molecule has 2 heterocycles. The van der Waals surface area contributed by atoms with Gasteiger partial charge in [-0.3, -0.25) is 9.59 Å². The van der Waals surface area contributed by atoms with Crippen LogP contribution in [0, 0.1) is 0 Å². The van der Waals surface area contributed by atoms with Crippen LogP contribution < -0.4 is 10.6 Å². The summed E-state index contributed by atoms with van der Waals surface area (Å²) in [7, 11) is 1.86. The summed E-state index contributed by atoms with van der Waals surface area (Å²) >= 11 is 1.42. The summed E-state index contributed by atoms with van der Waals surface area (Å²) in [5.41, 5.74) is 2.89. The highest BCUT2D eigenvalue weighted by Crippen LogP contribution is 2.50. The van der Waals surface area contributed by atoms with Gasteiger partial charge in [0, 0.05) is 4.75 Å². The number of nitrogens with zero attached hydrogens (tertiary/aromatic N) is 1. The molecule has 5 atom stereocenters. The van der Waals surface area contributed by atoms with E-state index in [1.807, 2.05) is 112 Å². The maximum absolute atomic E-state index is 12.3. The van der Waals surface area contributed by atoms with E-state index in [0.29, 0.717) is 0 Å². The largest absolute Gasteiger partial charge is 0.480 e. The van der Waals surface area contributed by atoms with Crippen LogP contribution in [0.2, 0.25) is 0 Å². The number of carbonyl (C=O) groups excluding carboxylic acids is 2. The number of aliphatic carboxylic acids is 1. The molecular weight excluding hydrogens is 526 g/mol. The Bertz CT molecular complexity index is 1310. The number of carboxylic acid groups (broad SMARTS) is 1. The molecule has 4 N–H and O–H groups in total. The molecule has 2 amide bonds. The second-order valence-corrected chi connectivity index (χ2v) is 12.1. The van der Waals surface area contributed by atoms with Crippen LogP contribution in [-0.4, -0.2) is 62.1 Å². The second-order valence-electron chi connectivity index (χ2n) is 10.3. The molecule has 40 heavy (non-hydrogen) atoms. The molecule has 0 aromatic heterocycles. The Balaban J connectivity index is 0.000000194. The fourth-order valence-corrected chi connectivity index (χ4v) is 6.79. The SMILES string of the molecule is CC1(C)S[C@@H]2[C@H](NC(=O)Cc3ccccc3)C(=O)N2[C@H]1C(=O)O.CN[C@H](c1ccccc1)[C@H](O)c1ccccc1. The Morgan fingerprint density at radius 2 is 1.45 bits per heavy atom. The second kappa shape index (κ2) is 12.7. The lowest BCUT2D eigenvalue weighted by atomic mass is 9.96. The molecule has 0 aliphatic carbocycles. The lowest BCUT2D eigenvalue weighted by molar-refractivity contribution is -0.161. The maximum atomic E-state index is 12.3. The predicted octanol–water partition coefficient (Wildman–Crippen LogP) is 3.54. The van der Waals surface area contributed by atoms with Crippen LogP contribution in [-0.2, 0) is 20.8 Å². The molecule has 0 unspecified atom stereocenters. The van der Waals surface area contributed by atoms with Crippen LogP contribution in [0.25, 0.3) is 0 Å². The van der Waals surface area contributed by atoms with Gasteiger partial charge in [-0.2, -0.15) is 0 Å². The van der Waals surface area contributed by atoms with Gasteiger partial charge in [-0.1, -0.05) is 91.0 Å². The predicted molar refractivity (Wildman–Crippen MR) is 155 cm³/mol. The zero-order chi connectivity index (χ0) is 28.9. The summed E-state index contributed by atoms with van der Waals surface area (Å²) in [6, 6.07) is 27.4. The van der Waals surface area contributed by atoms with Crippen LogP contribution in [0.4, 0.5) is 0 Å². The van der Waals surface area contributed by atoms with Crippen molar-refractivity contribution in [2.75, 3.05) is 7.05 Å². The number of fused-ring (bicyclic) bond motifs is 1. The number of β-lactam (4-membered cyclic amide) rings is 1. The standard InChI is InChI=1S/C16H18N2O4S.C15H17NO/c1-16(2)12(15(21)22)18-13(20)11(14(18)23-16)17-10(19)8-9-6-4-3-5-7-9;1-16-14(12-8-4-2-5-9-12)15(17)13-10-6-3-7-11-13/h3-7,11-12,14H,8H2,1-2H3,(H,17,19)(H,21,22);2-11,14-17H,1H3/t11-,12+,14-;14-,15-/m11/s1. The van der Waals surface area contributed by atoms with Crippen molar-refractivity contribution in [3.8, 4) is 0 Å². The van der Waals surface area contributed by atoms with Crippen LogP contribution in [0.3, 0.4) is 0 Å². The normalized spacial score (nSPS) is 22.1. The van der Waals surface area contributed by atoms with Gasteiger partial charge in [0.1, 0.15) is 17.5 Å². The number of likely N-dealkylation sites (N-methyl/N-ethyl adjacent to an activating group) is 1. The van der Waals surface area contributed by atoms with E-state index in [9.17, 15) is 24.6 Å². The molecule has 0 spiro atoms. The van der Waals surface area contributed by atoms with Crippen LogP contribution in [0.1, 0.15) is 42.7 Å². The Hall–Kier alpha value is -3.66. The fourth-order valence-electron chi connectivity index (χ4n) is 5.16. The Morgan fingerprint density at radius 1 is 0.925 bits per heavy atom. The third-order valence-corrected chi connectivity index (χ3v) is 8.70. The lowest BCUT2D eigenvalue weighted by Crippen LogP contribution is -2.70. The number of carbonyl (C=O) groups is 3. The smallest absolute Gasteiger partial charge is 0.327 e. The van der Waals surface area contributed by atoms with E-state index < -0.39 is 28.9 Å². The number of amides is 2. The highest BCUT2D eigenvalue weighted by Gasteiger charge is 2.64. The minimum atomic E-state index is -1.01. The first-order valence-corrected chi connectivity index (χ1v) is 14.0. The summed E-state index contributed by atoms with van der Waals surface area (Å²) < 4.78 is -0.578. The first-order valence-electron chi connectivity index (χ1n) is 13.2. The average molecular weight is 562 g/mol. The molecule has 9 heteroatoms. The van der Waals surface area contributed by atoms with Gasteiger partial charge in [0.25, 0.3) is 0 Å². The van der Waals surface area contributed by atoms with Gasteiger partial charge >= 0.3 is 5.97 Å². The quantitative estimate of drug-likeness (QED) is 0.311. The van der Waals surface area contributed by atoms with Gasteiger partial charge in [-0.05, 0) is 37.6 Å². The molecule has 210 valence electrons. The van der Waals surface area contributed by atoms with Crippen molar-refractivity contribution in [1.29, 1.82) is 0 Å². The Morgan fingerprint density at radius 3 is 1.98 bits per heavy atom. The molecule has 3 aromatic rings. The van der Waals surface area contributed by atoms with Gasteiger partial charge < -0.3 is 25.7 Å². The maximum Gasteiger partial charge on any atom is 0.327 e. The van der Waals surface area contributed by atoms with E-state index in [1.165, 1.54) is 16.7 Å². The van der Waals surface area contributed by atoms with Crippen molar-refractivity contribution in [3.05, 3.63) is 108 Å². The molecule has 0 saturated carbocycles. The molecule has 2 saturated heterocycles. The van der Waals surface area contributed by atoms with E-state index in [4.69, 9.17) is 0 Å². The van der Waals surface area contributed by atoms with Gasteiger partial charge in [-0.15, -0.1) is 11.8 Å². The van der Waals surface area contributed by atoms with E-state index in [-0.39, 0.29) is 29.7 Å². The number of thioether (sulfide) groups is 1. The molecular formula is C31H35N3O5S. The highest BCUT2D eigenvalue weighted by molar-refractivity contribution is 8.01. The average Bonchev–Trinajstić information content (AvgIpc) is 3.22. The number of carboxylic acids is 1. The van der Waals surface area contributed by atoms with Crippen LogP contribution in [0.5, 0.6) is 0 Å². The highest BCUT2D eigenvalue weighted by atomic mass is 32.2. The number of hydrogen-bond donors (Lipinski definition) is 4. The summed E-state index contributed by atoms with van der Waals surface area (Å²) in [6.07, 6.45) is -0.336. The Labute approximate surface area is 238 Å². The molecule has 2 aliphatic heterocycles. The van der Waals surface area contributed by atoms with E-state index in [2.05, 4.69) is 10.6 Å². The van der Waals surface area contributed by atoms with E-state index in [1.54, 1.807) is 0 Å². The zero-order valence-corrected chi connectivity index (χ0v) is 23.5. The van der Waals surface area contributed by atoms with Gasteiger partial charge in [0.15, 0.2) is 0 Å². The van der Waals surface area contributed by atoms with Crippen molar-refractivity contribution >= 4 is 29.5 Å². The van der Waals surface area contributed by atoms with Gasteiger partial charge in [-0.25, -0.2) is 4.79 Å². The minimum absolute atomic E-state index is 0.0846. The molecule has 3 aromatic carbocycles. The summed E-state index contributed by atoms with van der Waals surface area (Å²) in [6.45, 7) is 3.62. The third-order valence-electron chi connectivity index (χ3n) is 7.13. The summed E-state index contributed by atoms with van der Waals surface area (Å²) in [5, 5.41) is 25.3. The van der Waals surface area contributed by atoms with Crippen molar-refractivity contribution in [3.63, 3.8) is 0 Å². The van der Waals surface area contributed by atoms with Crippen molar-refractivity contribution in [2.24, 2.45) is 0 Å². The van der Waals surface area contributed by atoms with Crippen molar-refractivity contribution < 1.29 is 24.6 Å². The monoisotopic (exact) mass is 561 g/mol. The number of aliphatic hydroxyl groups excluding tert-OH is 1.